The summed E-state index contributed by atoms with van der Waals surface area (Å²) in [5.41, 5.74) is -1.00. The number of aliphatic carboxylic acids is 1. The molecule has 114 valence electrons. The van der Waals surface area contributed by atoms with E-state index in [1.54, 1.807) is 0 Å². The Bertz CT molecular complexity index is 697. The van der Waals surface area contributed by atoms with Gasteiger partial charge < -0.3 is 10.4 Å². The van der Waals surface area contributed by atoms with Crippen LogP contribution in [0.25, 0.3) is 0 Å². The molecule has 1 rings (SSSR count). The Balaban J connectivity index is 3.02. The monoisotopic (exact) mass is 318 g/mol. The summed E-state index contributed by atoms with van der Waals surface area (Å²) in [4.78, 5) is 30.5. The van der Waals surface area contributed by atoms with Gasteiger partial charge in [-0.3, -0.25) is 24.3 Å². The highest BCUT2D eigenvalue weighted by molar-refractivity contribution is 7.86. The predicted octanol–water partition coefficient (Wildman–Crippen LogP) is 0.645. The predicted molar refractivity (Wildman–Crippen MR) is 68.4 cm³/mol. The summed E-state index contributed by atoms with van der Waals surface area (Å²) in [6, 6.07) is 2.55. The third kappa shape index (κ3) is 4.81. The molecular weight excluding hydrogens is 308 g/mol. The Morgan fingerprint density at radius 2 is 1.90 bits per heavy atom. The van der Waals surface area contributed by atoms with Crippen LogP contribution in [0.3, 0.4) is 0 Å². The second-order valence-corrected chi connectivity index (χ2v) is 5.25. The Hall–Kier alpha value is -2.53. The first-order valence-corrected chi connectivity index (χ1v) is 6.83. The number of hydrogen-bond donors (Lipinski definition) is 3. The summed E-state index contributed by atoms with van der Waals surface area (Å²) >= 11 is 0. The second-order valence-electron chi connectivity index (χ2n) is 3.86. The Morgan fingerprint density at radius 1 is 1.29 bits per heavy atom. The summed E-state index contributed by atoms with van der Waals surface area (Å²) in [5.74, 6) is -1.89. The molecule has 1 aromatic rings. The van der Waals surface area contributed by atoms with Crippen molar-refractivity contribution >= 4 is 33.4 Å². The normalized spacial score (nSPS) is 10.9. The van der Waals surface area contributed by atoms with Crippen molar-refractivity contribution in [2.75, 3.05) is 5.32 Å². The number of benzene rings is 1. The quantitative estimate of drug-likeness (QED) is 0.390. The number of nitrogens with zero attached hydrogens (tertiary/aromatic N) is 1. The van der Waals surface area contributed by atoms with E-state index in [-0.39, 0.29) is 12.1 Å². The molecule has 1 aromatic carbocycles. The Morgan fingerprint density at radius 3 is 2.38 bits per heavy atom. The van der Waals surface area contributed by atoms with Crippen LogP contribution in [-0.2, 0) is 19.7 Å². The minimum absolute atomic E-state index is 0.0931. The first-order chi connectivity index (χ1) is 9.61. The molecule has 0 spiro atoms. The van der Waals surface area contributed by atoms with Gasteiger partial charge in [0.2, 0.25) is 5.91 Å². The molecule has 0 saturated heterocycles. The first kappa shape index (κ1) is 16.5. The van der Waals surface area contributed by atoms with Crippen molar-refractivity contribution in [1.82, 2.24) is 0 Å². The largest absolute Gasteiger partial charge is 0.481 e. The van der Waals surface area contributed by atoms with E-state index < -0.39 is 43.9 Å². The Kier molecular flexibility index (Phi) is 4.94. The average Bonchev–Trinajstić information content (AvgIpc) is 2.34. The summed E-state index contributed by atoms with van der Waals surface area (Å²) < 4.78 is 30.8. The van der Waals surface area contributed by atoms with E-state index in [0.29, 0.717) is 0 Å². The topological polar surface area (TPSA) is 164 Å². The zero-order valence-corrected chi connectivity index (χ0v) is 11.2. The molecule has 21 heavy (non-hydrogen) atoms. The third-order valence-electron chi connectivity index (χ3n) is 2.28. The number of rotatable bonds is 6. The van der Waals surface area contributed by atoms with E-state index in [0.717, 1.165) is 18.2 Å². The number of nitrogens with one attached hydrogen (secondary N) is 1. The van der Waals surface area contributed by atoms with Gasteiger partial charge in [0.05, 0.1) is 11.3 Å². The highest BCUT2D eigenvalue weighted by Gasteiger charge is 2.24. The van der Waals surface area contributed by atoms with Gasteiger partial charge in [-0.2, -0.15) is 8.42 Å². The van der Waals surface area contributed by atoms with Crippen LogP contribution in [0, 0.1) is 10.1 Å². The lowest BCUT2D eigenvalue weighted by Gasteiger charge is -2.06. The van der Waals surface area contributed by atoms with Crippen LogP contribution in [0.1, 0.15) is 12.8 Å². The number of amides is 1. The molecule has 0 saturated carbocycles. The van der Waals surface area contributed by atoms with Crippen LogP contribution in [0.2, 0.25) is 0 Å². The maximum Gasteiger partial charge on any atom is 0.303 e. The van der Waals surface area contributed by atoms with E-state index in [9.17, 15) is 28.1 Å². The molecule has 0 aliphatic rings. The van der Waals surface area contributed by atoms with Gasteiger partial charge in [-0.25, -0.2) is 0 Å². The van der Waals surface area contributed by atoms with Gasteiger partial charge in [0.25, 0.3) is 5.69 Å². The van der Waals surface area contributed by atoms with Gasteiger partial charge in [0.1, 0.15) is 0 Å². The zero-order chi connectivity index (χ0) is 16.2. The minimum atomic E-state index is -4.78. The third-order valence-corrected chi connectivity index (χ3v) is 3.18. The van der Waals surface area contributed by atoms with Gasteiger partial charge in [0, 0.05) is 18.2 Å². The van der Waals surface area contributed by atoms with Crippen molar-refractivity contribution in [2.24, 2.45) is 0 Å². The summed E-state index contributed by atoms with van der Waals surface area (Å²) in [7, 11) is -4.78. The standard InChI is InChI=1S/C10H10N2O8S/c13-9(3-4-10(14)15)11-6-1-2-8(21(18,19)20)7(5-6)12(16)17/h1-2,5H,3-4H2,(H,11,13)(H,14,15)(H,18,19,20). The van der Waals surface area contributed by atoms with Gasteiger partial charge in [-0.1, -0.05) is 0 Å². The van der Waals surface area contributed by atoms with E-state index in [4.69, 9.17) is 9.66 Å². The molecule has 0 bridgehead atoms. The number of nitro groups is 1. The molecule has 0 unspecified atom stereocenters. The molecule has 0 atom stereocenters. The van der Waals surface area contributed by atoms with E-state index in [1.165, 1.54) is 0 Å². The fourth-order valence-electron chi connectivity index (χ4n) is 1.40. The van der Waals surface area contributed by atoms with Crippen molar-refractivity contribution in [3.63, 3.8) is 0 Å². The van der Waals surface area contributed by atoms with Gasteiger partial charge in [-0.15, -0.1) is 0 Å². The van der Waals surface area contributed by atoms with E-state index in [2.05, 4.69) is 5.32 Å². The van der Waals surface area contributed by atoms with Crippen molar-refractivity contribution in [3.8, 4) is 0 Å². The summed E-state index contributed by atoms with van der Waals surface area (Å²) in [5, 5.41) is 21.4. The number of anilines is 1. The maximum absolute atomic E-state index is 11.4. The molecule has 0 radical (unpaired) electrons. The van der Waals surface area contributed by atoms with Crippen LogP contribution >= 0.6 is 0 Å². The molecule has 0 aliphatic carbocycles. The molecular formula is C10H10N2O8S. The fourth-order valence-corrected chi connectivity index (χ4v) is 2.04. The van der Waals surface area contributed by atoms with Crippen LogP contribution in [0.15, 0.2) is 23.1 Å². The van der Waals surface area contributed by atoms with Crippen molar-refractivity contribution < 1.29 is 32.6 Å². The fraction of sp³-hybridized carbons (Fsp3) is 0.200. The zero-order valence-electron chi connectivity index (χ0n) is 10.3. The summed E-state index contributed by atoms with van der Waals surface area (Å²) in [6.07, 6.45) is -0.764. The van der Waals surface area contributed by atoms with Crippen molar-refractivity contribution in [1.29, 1.82) is 0 Å². The maximum atomic E-state index is 11.4. The molecule has 11 heteroatoms. The van der Waals surface area contributed by atoms with Gasteiger partial charge in [-0.05, 0) is 12.1 Å². The SMILES string of the molecule is O=C(O)CCC(=O)Nc1ccc(S(=O)(=O)O)c([N+](=O)[O-])c1. The molecule has 0 fully saturated rings. The number of carbonyl (C=O) groups excluding carboxylic acids is 1. The van der Waals surface area contributed by atoms with Crippen LogP contribution < -0.4 is 5.32 Å². The van der Waals surface area contributed by atoms with Crippen LogP contribution in [0.4, 0.5) is 11.4 Å². The lowest BCUT2D eigenvalue weighted by Crippen LogP contribution is -2.13. The van der Waals surface area contributed by atoms with Crippen molar-refractivity contribution in [3.05, 3.63) is 28.3 Å². The average molecular weight is 318 g/mol. The van der Waals surface area contributed by atoms with Gasteiger partial charge >= 0.3 is 16.1 Å². The van der Waals surface area contributed by atoms with Crippen LogP contribution in [0.5, 0.6) is 0 Å². The lowest BCUT2D eigenvalue weighted by molar-refractivity contribution is -0.387. The number of hydrogen-bond acceptors (Lipinski definition) is 6. The molecule has 1 amide bonds. The first-order valence-electron chi connectivity index (χ1n) is 5.39. The Labute approximate surface area is 118 Å². The highest BCUT2D eigenvalue weighted by Crippen LogP contribution is 2.27. The molecule has 0 aliphatic heterocycles. The molecule has 10 nitrogen and oxygen atoms in total. The van der Waals surface area contributed by atoms with Crippen LogP contribution in [-0.4, -0.2) is 34.9 Å². The minimum Gasteiger partial charge on any atom is -0.481 e. The number of carboxylic acid groups (broad SMARTS) is 1. The molecule has 0 aromatic heterocycles. The van der Waals surface area contributed by atoms with Crippen molar-refractivity contribution in [2.45, 2.75) is 17.7 Å². The molecule has 0 heterocycles. The smallest absolute Gasteiger partial charge is 0.303 e. The number of nitro benzene ring substituents is 1. The van der Waals surface area contributed by atoms with E-state index in [1.807, 2.05) is 0 Å². The number of carboxylic acids is 1. The summed E-state index contributed by atoms with van der Waals surface area (Å²) in [6.45, 7) is 0. The second kappa shape index (κ2) is 6.28. The number of carbonyl (C=O) groups is 2. The van der Waals surface area contributed by atoms with E-state index >= 15 is 0 Å². The lowest BCUT2D eigenvalue weighted by atomic mass is 10.2. The highest BCUT2D eigenvalue weighted by atomic mass is 32.2. The van der Waals surface area contributed by atoms with Gasteiger partial charge in [0.15, 0.2) is 4.90 Å². The molecule has 3 N–H and O–H groups in total.